The Kier molecular flexibility index (Phi) is 5.14. The van der Waals surface area contributed by atoms with Gasteiger partial charge in [-0.3, -0.25) is 4.79 Å². The Morgan fingerprint density at radius 3 is 2.21 bits per heavy atom. The molecule has 1 heterocycles. The SMILES string of the molecule is COc1ccc(C(=O)[C@@H]2[C@H](c3ccc(O)cc3)NC(=O)N[C@@]2(O)C(F)(F)F)cc1. The molecule has 1 saturated heterocycles. The molecular weight excluding hydrogens is 393 g/mol. The van der Waals surface area contributed by atoms with Crippen molar-refractivity contribution in [2.75, 3.05) is 7.11 Å². The summed E-state index contributed by atoms with van der Waals surface area (Å²) in [7, 11) is 1.39. The number of urea groups is 1. The Morgan fingerprint density at radius 1 is 1.10 bits per heavy atom. The number of hydrogen-bond acceptors (Lipinski definition) is 5. The lowest BCUT2D eigenvalue weighted by molar-refractivity contribution is -0.287. The second kappa shape index (κ2) is 7.28. The zero-order valence-corrected chi connectivity index (χ0v) is 15.0. The summed E-state index contributed by atoms with van der Waals surface area (Å²) >= 11 is 0. The molecule has 10 heteroatoms. The summed E-state index contributed by atoms with van der Waals surface area (Å²) in [4.78, 5) is 25.0. The molecular formula is C19H17F3N2O5. The minimum Gasteiger partial charge on any atom is -0.508 e. The van der Waals surface area contributed by atoms with Gasteiger partial charge in [-0.15, -0.1) is 0 Å². The molecule has 2 aromatic rings. The molecule has 3 atom stereocenters. The van der Waals surface area contributed by atoms with Gasteiger partial charge in [0.05, 0.1) is 13.2 Å². The minimum absolute atomic E-state index is 0.104. The smallest absolute Gasteiger partial charge is 0.437 e. The Balaban J connectivity index is 2.13. The van der Waals surface area contributed by atoms with Crippen molar-refractivity contribution in [3.63, 3.8) is 0 Å². The Hall–Kier alpha value is -3.27. The fourth-order valence-electron chi connectivity index (χ4n) is 3.23. The van der Waals surface area contributed by atoms with Crippen LogP contribution in [-0.2, 0) is 0 Å². The maximum absolute atomic E-state index is 13.8. The second-order valence-corrected chi connectivity index (χ2v) is 6.50. The number of hydrogen-bond donors (Lipinski definition) is 4. The van der Waals surface area contributed by atoms with Crippen molar-refractivity contribution in [1.29, 1.82) is 0 Å². The van der Waals surface area contributed by atoms with Gasteiger partial charge in [0.2, 0.25) is 5.72 Å². The summed E-state index contributed by atoms with van der Waals surface area (Å²) in [6.07, 6.45) is -5.34. The molecule has 0 saturated carbocycles. The molecule has 2 amide bonds. The topological polar surface area (TPSA) is 108 Å². The van der Waals surface area contributed by atoms with E-state index >= 15 is 0 Å². The first-order chi connectivity index (χ1) is 13.6. The van der Waals surface area contributed by atoms with Crippen LogP contribution in [0.2, 0.25) is 0 Å². The van der Waals surface area contributed by atoms with Crippen molar-refractivity contribution in [3.05, 3.63) is 59.7 Å². The minimum atomic E-state index is -5.34. The van der Waals surface area contributed by atoms with Crippen molar-refractivity contribution in [3.8, 4) is 11.5 Å². The van der Waals surface area contributed by atoms with Crippen LogP contribution in [0.25, 0.3) is 0 Å². The van der Waals surface area contributed by atoms with Crippen molar-refractivity contribution < 1.29 is 37.7 Å². The predicted octanol–water partition coefficient (Wildman–Crippen LogP) is 2.50. The van der Waals surface area contributed by atoms with Gasteiger partial charge < -0.3 is 25.6 Å². The van der Waals surface area contributed by atoms with Crippen LogP contribution in [0.1, 0.15) is 22.0 Å². The summed E-state index contributed by atoms with van der Waals surface area (Å²) < 4.78 is 46.3. The van der Waals surface area contributed by atoms with E-state index in [1.807, 2.05) is 0 Å². The highest BCUT2D eigenvalue weighted by atomic mass is 19.4. The van der Waals surface area contributed by atoms with Crippen LogP contribution >= 0.6 is 0 Å². The number of nitrogens with one attached hydrogen (secondary N) is 2. The lowest BCUT2D eigenvalue weighted by Gasteiger charge is -2.45. The highest BCUT2D eigenvalue weighted by molar-refractivity contribution is 6.00. The van der Waals surface area contributed by atoms with E-state index in [4.69, 9.17) is 4.74 Å². The number of alkyl halides is 3. The molecule has 7 nitrogen and oxygen atoms in total. The molecule has 0 aliphatic carbocycles. The van der Waals surface area contributed by atoms with E-state index < -0.39 is 35.7 Å². The third-order valence-electron chi connectivity index (χ3n) is 4.72. The van der Waals surface area contributed by atoms with Crippen LogP contribution in [0.5, 0.6) is 11.5 Å². The van der Waals surface area contributed by atoms with Crippen LogP contribution in [0.3, 0.4) is 0 Å². The average molecular weight is 410 g/mol. The first-order valence-electron chi connectivity index (χ1n) is 8.42. The van der Waals surface area contributed by atoms with E-state index in [0.29, 0.717) is 5.75 Å². The Morgan fingerprint density at radius 2 is 1.69 bits per heavy atom. The Bertz CT molecular complexity index is 915. The maximum Gasteiger partial charge on any atom is 0.437 e. The first-order valence-corrected chi connectivity index (χ1v) is 8.42. The molecule has 0 unspecified atom stereocenters. The van der Waals surface area contributed by atoms with Gasteiger partial charge >= 0.3 is 12.2 Å². The van der Waals surface area contributed by atoms with Gasteiger partial charge in [0.25, 0.3) is 0 Å². The molecule has 2 aromatic carbocycles. The first kappa shape index (κ1) is 20.5. The number of Topliss-reactive ketones (excluding diaryl/α,β-unsaturated/α-hetero) is 1. The number of carbonyl (C=O) groups is 2. The molecule has 1 aliphatic heterocycles. The largest absolute Gasteiger partial charge is 0.508 e. The van der Waals surface area contributed by atoms with Crippen molar-refractivity contribution in [1.82, 2.24) is 10.6 Å². The molecule has 1 aliphatic rings. The van der Waals surface area contributed by atoms with Gasteiger partial charge in [-0.1, -0.05) is 12.1 Å². The molecule has 4 N–H and O–H groups in total. The summed E-state index contributed by atoms with van der Waals surface area (Å²) in [6.45, 7) is 0. The van der Waals surface area contributed by atoms with Crippen molar-refractivity contribution in [2.24, 2.45) is 5.92 Å². The molecule has 29 heavy (non-hydrogen) atoms. The predicted molar refractivity (Wildman–Crippen MR) is 94.3 cm³/mol. The van der Waals surface area contributed by atoms with E-state index in [1.54, 1.807) is 0 Å². The lowest BCUT2D eigenvalue weighted by Crippen LogP contribution is -2.72. The number of halogens is 3. The number of phenolic OH excluding ortho intramolecular Hbond substituents is 1. The van der Waals surface area contributed by atoms with E-state index in [-0.39, 0.29) is 16.9 Å². The molecule has 0 spiro atoms. The van der Waals surface area contributed by atoms with Gasteiger partial charge in [-0.2, -0.15) is 13.2 Å². The number of phenols is 1. The number of ether oxygens (including phenoxy) is 1. The highest BCUT2D eigenvalue weighted by Crippen LogP contribution is 2.44. The van der Waals surface area contributed by atoms with Gasteiger partial charge in [-0.05, 0) is 42.0 Å². The lowest BCUT2D eigenvalue weighted by atomic mass is 9.77. The van der Waals surface area contributed by atoms with Crippen LogP contribution in [0, 0.1) is 5.92 Å². The van der Waals surface area contributed by atoms with Gasteiger partial charge in [0.1, 0.15) is 17.4 Å². The van der Waals surface area contributed by atoms with Gasteiger partial charge in [0, 0.05) is 5.56 Å². The number of aliphatic hydroxyl groups is 1. The van der Waals surface area contributed by atoms with E-state index in [0.717, 1.165) is 0 Å². The standard InChI is InChI=1S/C19H17F3N2O5/c1-29-13-8-4-11(5-9-13)16(26)14-15(10-2-6-12(25)7-3-10)23-17(27)24-18(14,28)19(20,21)22/h2-9,14-15,25,28H,1H3,(H2,23,24,27)/t14-,15-,18-/m0/s1. The third-order valence-corrected chi connectivity index (χ3v) is 4.72. The van der Waals surface area contributed by atoms with Gasteiger partial charge in [-0.25, -0.2) is 4.79 Å². The second-order valence-electron chi connectivity index (χ2n) is 6.50. The van der Waals surface area contributed by atoms with Crippen LogP contribution in [0.15, 0.2) is 48.5 Å². The number of benzene rings is 2. The Labute approximate surface area is 163 Å². The number of amides is 2. The molecule has 154 valence electrons. The number of carbonyl (C=O) groups excluding carboxylic acids is 2. The number of rotatable bonds is 4. The highest BCUT2D eigenvalue weighted by Gasteiger charge is 2.66. The normalized spacial score (nSPS) is 24.4. The number of ketones is 1. The third kappa shape index (κ3) is 3.70. The van der Waals surface area contributed by atoms with Crippen LogP contribution in [-0.4, -0.2) is 41.0 Å². The van der Waals surface area contributed by atoms with Gasteiger partial charge in [0.15, 0.2) is 5.78 Å². The summed E-state index contributed by atoms with van der Waals surface area (Å²) in [5.41, 5.74) is -3.82. The fraction of sp³-hybridized carbons (Fsp3) is 0.263. The average Bonchev–Trinajstić information content (AvgIpc) is 2.67. The number of methoxy groups -OCH3 is 1. The molecule has 1 fully saturated rings. The quantitative estimate of drug-likeness (QED) is 0.580. The molecule has 0 radical (unpaired) electrons. The zero-order valence-electron chi connectivity index (χ0n) is 15.0. The van der Waals surface area contributed by atoms with Crippen molar-refractivity contribution in [2.45, 2.75) is 17.9 Å². The maximum atomic E-state index is 13.8. The summed E-state index contributed by atoms with van der Waals surface area (Å²) in [5.74, 6) is -2.95. The van der Waals surface area contributed by atoms with Crippen molar-refractivity contribution >= 4 is 11.8 Å². The monoisotopic (exact) mass is 410 g/mol. The fourth-order valence-corrected chi connectivity index (χ4v) is 3.23. The summed E-state index contributed by atoms with van der Waals surface area (Å²) in [5, 5.41) is 23.6. The molecule has 0 bridgehead atoms. The van der Waals surface area contributed by atoms with Crippen LogP contribution in [0.4, 0.5) is 18.0 Å². The van der Waals surface area contributed by atoms with E-state index in [9.17, 15) is 33.0 Å². The number of aromatic hydroxyl groups is 1. The summed E-state index contributed by atoms with van der Waals surface area (Å²) in [6, 6.07) is 7.44. The van der Waals surface area contributed by atoms with E-state index in [2.05, 4.69) is 5.32 Å². The zero-order chi connectivity index (χ0) is 21.4. The molecule has 0 aromatic heterocycles. The molecule has 3 rings (SSSR count). The van der Waals surface area contributed by atoms with E-state index in [1.165, 1.54) is 61.0 Å². The van der Waals surface area contributed by atoms with Crippen LogP contribution < -0.4 is 15.4 Å².